The molecule has 0 bridgehead atoms. The van der Waals surface area contributed by atoms with Gasteiger partial charge >= 0.3 is 12.1 Å². The van der Waals surface area contributed by atoms with Gasteiger partial charge in [0, 0.05) is 23.7 Å². The number of carbonyl (C=O) groups is 4. The number of benzene rings is 2. The van der Waals surface area contributed by atoms with E-state index in [9.17, 15) is 23.6 Å². The van der Waals surface area contributed by atoms with Gasteiger partial charge < -0.3 is 24.4 Å². The molecule has 0 saturated heterocycles. The number of halogens is 2. The standard InChI is InChI=1S/C28H32ClFN2O7/c1-15(33)16-9-11-21-18(12-16)23(31-25(35)17-8-10-20(30)19(29)13-17)24(28(5,6)38-21)37-22(34)14-32(7)26(36)39-27(2,3)4/h8-13,23-24H,14H2,1-7H3,(H,31,35)/t23-,24+/m1/s1. The second-order valence-corrected chi connectivity index (χ2v) is 11.2. The highest BCUT2D eigenvalue weighted by molar-refractivity contribution is 6.31. The van der Waals surface area contributed by atoms with E-state index >= 15 is 0 Å². The lowest BCUT2D eigenvalue weighted by Gasteiger charge is -2.44. The summed E-state index contributed by atoms with van der Waals surface area (Å²) in [5.74, 6) is -1.92. The van der Waals surface area contributed by atoms with Crippen molar-refractivity contribution >= 4 is 35.4 Å². The summed E-state index contributed by atoms with van der Waals surface area (Å²) < 4.78 is 30.9. The lowest BCUT2D eigenvalue weighted by Crippen LogP contribution is -2.56. The zero-order chi connectivity index (χ0) is 29.3. The molecule has 0 fully saturated rings. The van der Waals surface area contributed by atoms with Crippen molar-refractivity contribution in [2.24, 2.45) is 0 Å². The van der Waals surface area contributed by atoms with Crippen LogP contribution < -0.4 is 10.1 Å². The molecule has 0 aliphatic carbocycles. The molecule has 11 heteroatoms. The molecule has 1 heterocycles. The van der Waals surface area contributed by atoms with Crippen LogP contribution in [-0.4, -0.2) is 59.6 Å². The van der Waals surface area contributed by atoms with Gasteiger partial charge in [-0.1, -0.05) is 11.6 Å². The van der Waals surface area contributed by atoms with Crippen LogP contribution >= 0.6 is 11.6 Å². The molecule has 0 spiro atoms. The van der Waals surface area contributed by atoms with Crippen molar-refractivity contribution in [3.63, 3.8) is 0 Å². The number of esters is 1. The third-order valence-corrected chi connectivity index (χ3v) is 6.20. The Bertz CT molecular complexity index is 1310. The van der Waals surface area contributed by atoms with Gasteiger partial charge in [0.05, 0.1) is 11.1 Å². The van der Waals surface area contributed by atoms with Crippen molar-refractivity contribution in [1.82, 2.24) is 10.2 Å². The zero-order valence-electron chi connectivity index (χ0n) is 22.9. The van der Waals surface area contributed by atoms with E-state index < -0.39 is 53.7 Å². The lowest BCUT2D eigenvalue weighted by molar-refractivity contribution is -0.166. The predicted octanol–water partition coefficient (Wildman–Crippen LogP) is 5.10. The minimum Gasteiger partial charge on any atom is -0.484 e. The molecule has 0 unspecified atom stereocenters. The summed E-state index contributed by atoms with van der Waals surface area (Å²) in [7, 11) is 1.39. The van der Waals surface area contributed by atoms with E-state index in [1.807, 2.05) is 0 Å². The first-order chi connectivity index (χ1) is 18.0. The van der Waals surface area contributed by atoms with Gasteiger partial charge in [-0.3, -0.25) is 14.4 Å². The summed E-state index contributed by atoms with van der Waals surface area (Å²) in [4.78, 5) is 51.8. The first-order valence-electron chi connectivity index (χ1n) is 12.2. The SMILES string of the molecule is CC(=O)c1ccc2c(c1)[C@@H](NC(=O)c1ccc(F)c(Cl)c1)[C@H](OC(=O)CN(C)C(=O)OC(C)(C)C)C(C)(C)O2. The van der Waals surface area contributed by atoms with Crippen LogP contribution in [0, 0.1) is 5.82 Å². The largest absolute Gasteiger partial charge is 0.484 e. The summed E-state index contributed by atoms with van der Waals surface area (Å²) in [6.45, 7) is 9.42. The first kappa shape index (κ1) is 29.9. The molecular formula is C28H32ClFN2O7. The normalized spacial score (nSPS) is 17.8. The molecule has 0 radical (unpaired) electrons. The van der Waals surface area contributed by atoms with Crippen LogP contribution in [0.2, 0.25) is 5.02 Å². The molecule has 2 aromatic carbocycles. The summed E-state index contributed by atoms with van der Waals surface area (Å²) in [6, 6.07) is 7.30. The van der Waals surface area contributed by atoms with Crippen LogP contribution in [0.1, 0.15) is 73.9 Å². The van der Waals surface area contributed by atoms with Crippen molar-refractivity contribution in [1.29, 1.82) is 0 Å². The van der Waals surface area contributed by atoms with E-state index in [4.69, 9.17) is 25.8 Å². The fourth-order valence-electron chi connectivity index (χ4n) is 4.01. The van der Waals surface area contributed by atoms with Crippen LogP contribution in [0.15, 0.2) is 36.4 Å². The summed E-state index contributed by atoms with van der Waals surface area (Å²) in [5.41, 5.74) is -1.07. The summed E-state index contributed by atoms with van der Waals surface area (Å²) in [6.07, 6.45) is -1.81. The van der Waals surface area contributed by atoms with Crippen LogP contribution in [0.5, 0.6) is 5.75 Å². The summed E-state index contributed by atoms with van der Waals surface area (Å²) in [5, 5.41) is 2.59. The molecule has 0 saturated carbocycles. The highest BCUT2D eigenvalue weighted by Gasteiger charge is 2.47. The molecule has 1 N–H and O–H groups in total. The molecule has 9 nitrogen and oxygen atoms in total. The maximum atomic E-state index is 13.7. The highest BCUT2D eigenvalue weighted by atomic mass is 35.5. The molecule has 0 aromatic heterocycles. The average molecular weight is 563 g/mol. The molecule has 2 aromatic rings. The predicted molar refractivity (Wildman–Crippen MR) is 142 cm³/mol. The number of nitrogens with zero attached hydrogens (tertiary/aromatic N) is 1. The quantitative estimate of drug-likeness (QED) is 0.385. The minimum absolute atomic E-state index is 0.0738. The molecule has 39 heavy (non-hydrogen) atoms. The smallest absolute Gasteiger partial charge is 0.410 e. The van der Waals surface area contributed by atoms with Crippen LogP contribution in [-0.2, 0) is 14.3 Å². The van der Waals surface area contributed by atoms with Crippen molar-refractivity contribution in [3.8, 4) is 5.75 Å². The Hall–Kier alpha value is -3.66. The molecule has 1 aliphatic rings. The van der Waals surface area contributed by atoms with Crippen molar-refractivity contribution in [2.75, 3.05) is 13.6 Å². The number of ether oxygens (including phenoxy) is 3. The first-order valence-corrected chi connectivity index (χ1v) is 12.6. The number of nitrogens with one attached hydrogen (secondary N) is 1. The molecule has 210 valence electrons. The van der Waals surface area contributed by atoms with Gasteiger partial charge in [0.25, 0.3) is 5.91 Å². The number of amides is 2. The van der Waals surface area contributed by atoms with Crippen LogP contribution in [0.4, 0.5) is 9.18 Å². The third-order valence-electron chi connectivity index (χ3n) is 5.91. The van der Waals surface area contributed by atoms with E-state index in [-0.39, 0.29) is 16.4 Å². The lowest BCUT2D eigenvalue weighted by atomic mass is 9.85. The highest BCUT2D eigenvalue weighted by Crippen LogP contribution is 2.42. The number of hydrogen-bond acceptors (Lipinski definition) is 7. The average Bonchev–Trinajstić information content (AvgIpc) is 2.81. The second kappa shape index (κ2) is 11.2. The second-order valence-electron chi connectivity index (χ2n) is 10.8. The van der Waals surface area contributed by atoms with Gasteiger partial charge in [0.2, 0.25) is 0 Å². The van der Waals surface area contributed by atoms with E-state index in [1.54, 1.807) is 52.8 Å². The van der Waals surface area contributed by atoms with Crippen molar-refractivity contribution in [2.45, 2.75) is 64.9 Å². The monoisotopic (exact) mass is 562 g/mol. The number of ketones is 1. The van der Waals surface area contributed by atoms with Gasteiger partial charge in [-0.2, -0.15) is 0 Å². The molecule has 3 rings (SSSR count). The maximum absolute atomic E-state index is 13.7. The van der Waals surface area contributed by atoms with Gasteiger partial charge in [-0.25, -0.2) is 9.18 Å². The number of likely N-dealkylation sites (N-methyl/N-ethyl adjacent to an activating group) is 1. The van der Waals surface area contributed by atoms with Gasteiger partial charge in [-0.15, -0.1) is 0 Å². The van der Waals surface area contributed by atoms with E-state index in [2.05, 4.69) is 5.32 Å². The van der Waals surface area contributed by atoms with E-state index in [0.717, 1.165) is 11.0 Å². The van der Waals surface area contributed by atoms with Crippen LogP contribution in [0.3, 0.4) is 0 Å². The Morgan fingerprint density at radius 3 is 2.33 bits per heavy atom. The Kier molecular flexibility index (Phi) is 8.60. The molecule has 1 aliphatic heterocycles. The third kappa shape index (κ3) is 7.26. The Morgan fingerprint density at radius 2 is 1.74 bits per heavy atom. The Balaban J connectivity index is 1.95. The fourth-order valence-corrected chi connectivity index (χ4v) is 4.19. The zero-order valence-corrected chi connectivity index (χ0v) is 23.6. The van der Waals surface area contributed by atoms with Gasteiger partial charge in [0.1, 0.15) is 29.3 Å². The van der Waals surface area contributed by atoms with Gasteiger partial charge in [-0.05, 0) is 77.9 Å². The number of Topliss-reactive ketones (excluding diaryl/α,β-unsaturated/α-hetero) is 1. The maximum Gasteiger partial charge on any atom is 0.410 e. The van der Waals surface area contributed by atoms with Crippen LogP contribution in [0.25, 0.3) is 0 Å². The van der Waals surface area contributed by atoms with Crippen molar-refractivity contribution in [3.05, 3.63) is 63.9 Å². The number of carbonyl (C=O) groups excluding carboxylic acids is 4. The Labute approximate surface area is 231 Å². The number of fused-ring (bicyclic) bond motifs is 1. The Morgan fingerprint density at radius 1 is 1.10 bits per heavy atom. The fraction of sp³-hybridized carbons (Fsp3) is 0.429. The molecule has 2 amide bonds. The molecular weight excluding hydrogens is 531 g/mol. The number of rotatable bonds is 6. The van der Waals surface area contributed by atoms with Gasteiger partial charge in [0.15, 0.2) is 11.9 Å². The molecule has 2 atom stereocenters. The van der Waals surface area contributed by atoms with Crippen molar-refractivity contribution < 1.29 is 37.8 Å². The minimum atomic E-state index is -1.15. The topological polar surface area (TPSA) is 111 Å². The number of hydrogen-bond donors (Lipinski definition) is 1. The van der Waals surface area contributed by atoms with E-state index in [1.165, 1.54) is 26.1 Å². The summed E-state index contributed by atoms with van der Waals surface area (Å²) >= 11 is 5.87. The van der Waals surface area contributed by atoms with E-state index in [0.29, 0.717) is 16.9 Å².